The van der Waals surface area contributed by atoms with Gasteiger partial charge in [-0.05, 0) is 141 Å². The molecule has 0 fully saturated rings. The molecular weight excluding hydrogens is 835 g/mol. The lowest BCUT2D eigenvalue weighted by atomic mass is 9.82. The van der Waals surface area contributed by atoms with Gasteiger partial charge in [0.1, 0.15) is 0 Å². The van der Waals surface area contributed by atoms with E-state index in [9.17, 15) is 0 Å². The average Bonchev–Trinajstić information content (AvgIpc) is 3.76. The fourth-order valence-corrected chi connectivity index (χ4v) is 11.8. The zero-order valence-corrected chi connectivity index (χ0v) is 39.6. The highest BCUT2D eigenvalue weighted by Gasteiger charge is 2.37. The number of nitrogens with zero attached hydrogens (tertiary/aromatic N) is 3. The molecule has 13 rings (SSSR count). The van der Waals surface area contributed by atoms with E-state index in [-0.39, 0.29) is 10.8 Å². The van der Waals surface area contributed by atoms with Crippen molar-refractivity contribution in [2.24, 2.45) is 0 Å². The zero-order chi connectivity index (χ0) is 46.6. The van der Waals surface area contributed by atoms with Crippen LogP contribution >= 0.6 is 0 Å². The second kappa shape index (κ2) is 15.4. The average molecular weight is 886 g/mol. The van der Waals surface area contributed by atoms with Gasteiger partial charge in [0, 0.05) is 55.3 Å². The van der Waals surface area contributed by atoms with Gasteiger partial charge >= 0.3 is 0 Å². The molecule has 0 radical (unpaired) electrons. The van der Waals surface area contributed by atoms with Gasteiger partial charge < -0.3 is 9.80 Å². The predicted octanol–water partition coefficient (Wildman–Crippen LogP) is 18.1. The maximum atomic E-state index is 5.37. The Bertz CT molecular complexity index is 3870. The van der Waals surface area contributed by atoms with Crippen molar-refractivity contribution in [1.29, 1.82) is 0 Å². The Morgan fingerprint density at radius 2 is 0.783 bits per heavy atom. The van der Waals surface area contributed by atoms with Gasteiger partial charge in [-0.3, -0.25) is 0 Å². The molecule has 0 spiro atoms. The van der Waals surface area contributed by atoms with Gasteiger partial charge in [0.2, 0.25) is 0 Å². The van der Waals surface area contributed by atoms with E-state index in [0.717, 1.165) is 56.3 Å². The highest BCUT2D eigenvalue weighted by molar-refractivity contribution is 6.02. The molecule has 0 aliphatic heterocycles. The second-order valence-corrected chi connectivity index (χ2v) is 20.0. The summed E-state index contributed by atoms with van der Waals surface area (Å²) in [5, 5.41) is 5.98. The van der Waals surface area contributed by atoms with Crippen LogP contribution in [0.2, 0.25) is 0 Å². The van der Waals surface area contributed by atoms with Crippen LogP contribution in [0.4, 0.5) is 34.1 Å². The topological polar surface area (TPSA) is 19.4 Å². The summed E-state index contributed by atoms with van der Waals surface area (Å²) in [6, 6.07) is 80.5. The smallest absolute Gasteiger partial charge is 0.0713 e. The summed E-state index contributed by atoms with van der Waals surface area (Å²) in [4.78, 5) is 10.2. The fourth-order valence-electron chi connectivity index (χ4n) is 11.8. The molecule has 0 unspecified atom stereocenters. The van der Waals surface area contributed by atoms with Crippen molar-refractivity contribution < 1.29 is 0 Å². The Hall–Kier alpha value is -8.27. The molecule has 2 aliphatic carbocycles. The van der Waals surface area contributed by atoms with E-state index >= 15 is 0 Å². The van der Waals surface area contributed by atoms with E-state index in [1.807, 2.05) is 0 Å². The molecule has 0 N–H and O–H groups in total. The molecule has 1 heterocycles. The molecule has 11 aromatic rings. The zero-order valence-electron chi connectivity index (χ0n) is 39.6. The van der Waals surface area contributed by atoms with Gasteiger partial charge in [-0.1, -0.05) is 173 Å². The van der Waals surface area contributed by atoms with Gasteiger partial charge in [-0.2, -0.15) is 0 Å². The molecule has 3 nitrogen and oxygen atoms in total. The number of hydrogen-bond acceptors (Lipinski definition) is 3. The SMILES string of the molecule is Cc1cc(-c2ccc(N(c3ccc4c(c3)C(C)(C)c3ccccc3-4)c3cccc4ccccc34)cc2)nc2ccc(N(c3ccc4c(c3)C(C)(C)c3ccccc3-4)c3cccc4ccccc34)cc12. The molecule has 3 heteroatoms. The molecule has 1 aromatic heterocycles. The number of benzene rings is 10. The predicted molar refractivity (Wildman–Crippen MR) is 291 cm³/mol. The van der Waals surface area contributed by atoms with Crippen molar-refractivity contribution >= 4 is 66.6 Å². The van der Waals surface area contributed by atoms with Gasteiger partial charge in [0.25, 0.3) is 0 Å². The molecule has 0 amide bonds. The summed E-state index contributed by atoms with van der Waals surface area (Å²) in [5.74, 6) is 0. The van der Waals surface area contributed by atoms with E-state index in [1.165, 1.54) is 71.6 Å². The number of pyridine rings is 1. The minimum absolute atomic E-state index is 0.114. The van der Waals surface area contributed by atoms with Crippen LogP contribution in [0.25, 0.3) is 66.0 Å². The first kappa shape index (κ1) is 41.0. The first-order valence-electron chi connectivity index (χ1n) is 24.2. The Morgan fingerprint density at radius 1 is 0.348 bits per heavy atom. The molecule has 69 heavy (non-hydrogen) atoms. The number of aromatic nitrogens is 1. The normalized spacial score (nSPS) is 13.8. The monoisotopic (exact) mass is 885 g/mol. The highest BCUT2D eigenvalue weighted by Crippen LogP contribution is 2.53. The van der Waals surface area contributed by atoms with Crippen molar-refractivity contribution in [3.05, 3.63) is 246 Å². The lowest BCUT2D eigenvalue weighted by Gasteiger charge is -2.29. The number of fused-ring (bicyclic) bond motifs is 9. The highest BCUT2D eigenvalue weighted by atomic mass is 15.1. The Morgan fingerprint density at radius 3 is 1.35 bits per heavy atom. The molecule has 2 aliphatic rings. The minimum Gasteiger partial charge on any atom is -0.310 e. The summed E-state index contributed by atoms with van der Waals surface area (Å²) in [7, 11) is 0. The fraction of sp³-hybridized carbons (Fsp3) is 0.106. The molecular formula is C66H51N3. The lowest BCUT2D eigenvalue weighted by molar-refractivity contribution is 0.660. The first-order chi connectivity index (χ1) is 33.6. The summed E-state index contributed by atoms with van der Waals surface area (Å²) < 4.78 is 0. The van der Waals surface area contributed by atoms with Gasteiger partial charge in [0.05, 0.1) is 22.6 Å². The number of hydrogen-bond donors (Lipinski definition) is 0. The summed E-state index contributed by atoms with van der Waals surface area (Å²) in [6.07, 6.45) is 0. The van der Waals surface area contributed by atoms with Gasteiger partial charge in [0.15, 0.2) is 0 Å². The first-order valence-corrected chi connectivity index (χ1v) is 24.2. The van der Waals surface area contributed by atoms with E-state index in [0.29, 0.717) is 0 Å². The molecule has 330 valence electrons. The number of aryl methyl sites for hydroxylation is 1. The van der Waals surface area contributed by atoms with Crippen LogP contribution in [0.3, 0.4) is 0 Å². The van der Waals surface area contributed by atoms with Crippen LogP contribution in [0.5, 0.6) is 0 Å². The van der Waals surface area contributed by atoms with Crippen molar-refractivity contribution in [3.8, 4) is 33.5 Å². The summed E-state index contributed by atoms with van der Waals surface area (Å²) >= 11 is 0. The lowest BCUT2D eigenvalue weighted by Crippen LogP contribution is -2.16. The standard InChI is InChI=1S/C66H51N3/c1-42-38-62(45-28-30-46(31-29-45)68(63-26-14-18-43-16-6-8-20-50(43)63)48-32-35-54-52-22-10-12-24-57(52)65(2,3)59(54)40-48)67-61-37-34-47(39-56(42)61)69(64-27-15-19-44-17-7-9-21-51(44)64)49-33-36-55-53-23-11-13-25-58(53)66(4,5)60(55)41-49/h6-41H,1-5H3. The van der Waals surface area contributed by atoms with Crippen molar-refractivity contribution in [3.63, 3.8) is 0 Å². The van der Waals surface area contributed by atoms with Crippen molar-refractivity contribution in [2.45, 2.75) is 45.4 Å². The van der Waals surface area contributed by atoms with Crippen LogP contribution in [0.15, 0.2) is 218 Å². The van der Waals surface area contributed by atoms with E-state index in [1.54, 1.807) is 0 Å². The summed E-state index contributed by atoms with van der Waals surface area (Å²) in [6.45, 7) is 11.6. The third kappa shape index (κ3) is 6.37. The maximum absolute atomic E-state index is 5.37. The quantitative estimate of drug-likeness (QED) is 0.159. The van der Waals surface area contributed by atoms with Crippen molar-refractivity contribution in [1.82, 2.24) is 4.98 Å². The largest absolute Gasteiger partial charge is 0.310 e. The van der Waals surface area contributed by atoms with E-state index in [4.69, 9.17) is 4.98 Å². The Balaban J connectivity index is 0.895. The Labute approximate surface area is 404 Å². The second-order valence-electron chi connectivity index (χ2n) is 20.0. The van der Waals surface area contributed by atoms with Crippen LogP contribution in [-0.2, 0) is 10.8 Å². The molecule has 0 atom stereocenters. The van der Waals surface area contributed by atoms with Gasteiger partial charge in [-0.15, -0.1) is 0 Å². The van der Waals surface area contributed by atoms with E-state index in [2.05, 4.69) is 263 Å². The van der Waals surface area contributed by atoms with Crippen molar-refractivity contribution in [2.75, 3.05) is 9.80 Å². The molecule has 0 saturated heterocycles. The van der Waals surface area contributed by atoms with E-state index < -0.39 is 0 Å². The molecule has 0 bridgehead atoms. The maximum Gasteiger partial charge on any atom is 0.0713 e. The van der Waals surface area contributed by atoms with Crippen LogP contribution in [0, 0.1) is 6.92 Å². The summed E-state index contributed by atoms with van der Waals surface area (Å²) in [5.41, 5.74) is 21.5. The minimum atomic E-state index is -0.120. The Kier molecular flexibility index (Phi) is 9.13. The van der Waals surface area contributed by atoms with Gasteiger partial charge in [-0.25, -0.2) is 4.98 Å². The number of anilines is 6. The van der Waals surface area contributed by atoms with Crippen LogP contribution in [0.1, 0.15) is 55.5 Å². The van der Waals surface area contributed by atoms with Crippen LogP contribution in [-0.4, -0.2) is 4.98 Å². The third-order valence-electron chi connectivity index (χ3n) is 15.3. The molecule has 0 saturated carbocycles. The third-order valence-corrected chi connectivity index (χ3v) is 15.3. The number of rotatable bonds is 7. The van der Waals surface area contributed by atoms with Crippen LogP contribution < -0.4 is 9.80 Å². The molecule has 10 aromatic carbocycles.